The molecular formula is C18H19N7O2. The van der Waals surface area contributed by atoms with E-state index in [4.69, 9.17) is 10.00 Å². The minimum absolute atomic E-state index is 0.0209. The summed E-state index contributed by atoms with van der Waals surface area (Å²) in [6.07, 6.45) is 6.21. The quantitative estimate of drug-likeness (QED) is 0.707. The van der Waals surface area contributed by atoms with E-state index in [0.717, 1.165) is 53.6 Å². The molecule has 1 N–H and O–H groups in total. The molecule has 1 aliphatic rings. The topological polar surface area (TPSA) is 111 Å². The van der Waals surface area contributed by atoms with E-state index in [0.29, 0.717) is 0 Å². The number of fused-ring (bicyclic) bond motifs is 3. The lowest BCUT2D eigenvalue weighted by molar-refractivity contribution is 0.0601. The summed E-state index contributed by atoms with van der Waals surface area (Å²) in [7, 11) is 1.56. The van der Waals surface area contributed by atoms with Crippen molar-refractivity contribution in [2.24, 2.45) is 0 Å². The first-order chi connectivity index (χ1) is 13.2. The summed E-state index contributed by atoms with van der Waals surface area (Å²) in [5.41, 5.74) is 2.59. The minimum Gasteiger partial charge on any atom is -0.446 e. The molecule has 27 heavy (non-hydrogen) atoms. The van der Waals surface area contributed by atoms with Crippen molar-refractivity contribution in [1.82, 2.24) is 25.1 Å². The number of aromatic nitrogens is 4. The van der Waals surface area contributed by atoms with E-state index in [2.05, 4.69) is 25.1 Å². The normalized spacial score (nSPS) is 15.0. The number of H-pyrrole nitrogens is 1. The van der Waals surface area contributed by atoms with Crippen LogP contribution < -0.4 is 4.90 Å². The zero-order valence-electron chi connectivity index (χ0n) is 14.9. The summed E-state index contributed by atoms with van der Waals surface area (Å²) < 4.78 is 5.50. The molecule has 1 aliphatic heterocycles. The number of aromatic amines is 1. The van der Waals surface area contributed by atoms with Gasteiger partial charge in [-0.1, -0.05) is 0 Å². The van der Waals surface area contributed by atoms with Crippen molar-refractivity contribution in [3.8, 4) is 6.07 Å². The average molecular weight is 365 g/mol. The zero-order chi connectivity index (χ0) is 18.8. The van der Waals surface area contributed by atoms with Crippen LogP contribution in [0.25, 0.3) is 21.9 Å². The largest absolute Gasteiger partial charge is 0.446 e. The second-order valence-electron chi connectivity index (χ2n) is 6.57. The van der Waals surface area contributed by atoms with Crippen LogP contribution in [0.1, 0.15) is 12.8 Å². The highest BCUT2D eigenvalue weighted by atomic mass is 16.6. The number of pyridine rings is 1. The van der Waals surface area contributed by atoms with Crippen molar-refractivity contribution in [3.63, 3.8) is 0 Å². The van der Waals surface area contributed by atoms with Gasteiger partial charge in [-0.15, -0.1) is 5.10 Å². The number of amides is 1. The number of piperidine rings is 1. The summed E-state index contributed by atoms with van der Waals surface area (Å²) >= 11 is 0. The Kier molecular flexibility index (Phi) is 4.46. The van der Waals surface area contributed by atoms with Gasteiger partial charge in [-0.25, -0.2) is 9.78 Å². The number of carbonyl (C=O) groups excluding carboxylic acids is 1. The van der Waals surface area contributed by atoms with Gasteiger partial charge in [0, 0.05) is 49.9 Å². The number of anilines is 1. The molecule has 4 heterocycles. The Labute approximate surface area is 155 Å². The molecule has 0 atom stereocenters. The molecular weight excluding hydrogens is 346 g/mol. The predicted octanol–water partition coefficient (Wildman–Crippen LogP) is 2.07. The fourth-order valence-corrected chi connectivity index (χ4v) is 3.41. The van der Waals surface area contributed by atoms with Gasteiger partial charge in [0.1, 0.15) is 23.8 Å². The van der Waals surface area contributed by atoms with Gasteiger partial charge in [-0.3, -0.25) is 4.90 Å². The lowest BCUT2D eigenvalue weighted by Crippen LogP contribution is -2.40. The molecule has 1 fully saturated rings. The summed E-state index contributed by atoms with van der Waals surface area (Å²) in [4.78, 5) is 23.0. The number of hydrogen-bond acceptors (Lipinski definition) is 7. The molecule has 3 aromatic heterocycles. The monoisotopic (exact) mass is 365 g/mol. The highest BCUT2D eigenvalue weighted by Crippen LogP contribution is 2.32. The number of rotatable bonds is 3. The van der Waals surface area contributed by atoms with E-state index in [-0.39, 0.29) is 12.6 Å². The highest BCUT2D eigenvalue weighted by molar-refractivity contribution is 6.09. The molecule has 9 heteroatoms. The molecule has 0 unspecified atom stereocenters. The first kappa shape index (κ1) is 17.0. The van der Waals surface area contributed by atoms with Crippen molar-refractivity contribution in [3.05, 3.63) is 24.7 Å². The fraction of sp³-hybridized carbons (Fsp3) is 0.389. The van der Waals surface area contributed by atoms with E-state index in [1.165, 1.54) is 4.90 Å². The number of ether oxygens (including phenoxy) is 1. The number of nitrogens with one attached hydrogen (secondary N) is 1. The Bertz CT molecular complexity index is 1020. The molecule has 4 rings (SSSR count). The maximum absolute atomic E-state index is 12.0. The second kappa shape index (κ2) is 7.07. The second-order valence-corrected chi connectivity index (χ2v) is 6.57. The van der Waals surface area contributed by atoms with Crippen molar-refractivity contribution >= 4 is 33.7 Å². The van der Waals surface area contributed by atoms with Gasteiger partial charge in [-0.05, 0) is 6.07 Å². The third-order valence-corrected chi connectivity index (χ3v) is 4.84. The first-order valence-electron chi connectivity index (χ1n) is 8.78. The van der Waals surface area contributed by atoms with Crippen molar-refractivity contribution in [2.45, 2.75) is 18.9 Å². The van der Waals surface area contributed by atoms with Crippen LogP contribution in [0.2, 0.25) is 0 Å². The maximum Gasteiger partial charge on any atom is 0.410 e. The smallest absolute Gasteiger partial charge is 0.410 e. The van der Waals surface area contributed by atoms with Crippen molar-refractivity contribution in [2.75, 3.05) is 31.6 Å². The average Bonchev–Trinajstić information content (AvgIpc) is 3.17. The van der Waals surface area contributed by atoms with Gasteiger partial charge in [-0.2, -0.15) is 10.4 Å². The molecule has 0 bridgehead atoms. The summed E-state index contributed by atoms with van der Waals surface area (Å²) in [6.45, 7) is 1.51. The van der Waals surface area contributed by atoms with Gasteiger partial charge in [0.25, 0.3) is 0 Å². The third-order valence-electron chi connectivity index (χ3n) is 4.84. The third kappa shape index (κ3) is 3.21. The van der Waals surface area contributed by atoms with Crippen molar-refractivity contribution < 1.29 is 9.53 Å². The molecule has 0 saturated carbocycles. The first-order valence-corrected chi connectivity index (χ1v) is 8.78. The number of nitriles is 1. The van der Waals surface area contributed by atoms with Gasteiger partial charge in [0.2, 0.25) is 0 Å². The molecule has 0 radical (unpaired) electrons. The summed E-state index contributed by atoms with van der Waals surface area (Å²) in [5.74, 6) is 0. The molecule has 0 aromatic carbocycles. The Morgan fingerprint density at radius 1 is 1.44 bits per heavy atom. The Morgan fingerprint density at radius 3 is 3.04 bits per heavy atom. The number of nitrogens with zero attached hydrogens (tertiary/aromatic N) is 6. The standard InChI is InChI=1S/C18H19N7O2/c1-24(9-5-19)18(26)27-12-3-7-25(8-4-12)15-11-22-23-14-10-21-17-13(16(14)15)2-6-20-17/h2,6,10-12H,3-4,7-9H2,1H3,(H,20,21). The molecule has 3 aromatic rings. The molecule has 138 valence electrons. The molecule has 1 saturated heterocycles. The maximum atomic E-state index is 12.0. The number of hydrogen-bond donors (Lipinski definition) is 1. The Morgan fingerprint density at radius 2 is 2.26 bits per heavy atom. The fourth-order valence-electron chi connectivity index (χ4n) is 3.41. The molecule has 0 aliphatic carbocycles. The Balaban J connectivity index is 1.51. The van der Waals surface area contributed by atoms with E-state index >= 15 is 0 Å². The van der Waals surface area contributed by atoms with E-state index < -0.39 is 6.09 Å². The van der Waals surface area contributed by atoms with Crippen LogP contribution in [0.15, 0.2) is 24.7 Å². The minimum atomic E-state index is -0.453. The number of carbonyl (C=O) groups is 1. The van der Waals surface area contributed by atoms with E-state index in [9.17, 15) is 4.79 Å². The van der Waals surface area contributed by atoms with Crippen LogP contribution >= 0.6 is 0 Å². The van der Waals surface area contributed by atoms with Gasteiger partial charge in [0.05, 0.1) is 24.2 Å². The molecule has 1 amide bonds. The van der Waals surface area contributed by atoms with Gasteiger partial charge >= 0.3 is 6.09 Å². The summed E-state index contributed by atoms with van der Waals surface area (Å²) in [6, 6.07) is 3.94. The summed E-state index contributed by atoms with van der Waals surface area (Å²) in [5, 5.41) is 19.0. The molecule has 9 nitrogen and oxygen atoms in total. The highest BCUT2D eigenvalue weighted by Gasteiger charge is 2.25. The lowest BCUT2D eigenvalue weighted by atomic mass is 10.1. The Hall–Kier alpha value is -3.41. The molecule has 0 spiro atoms. The predicted molar refractivity (Wildman–Crippen MR) is 99.1 cm³/mol. The zero-order valence-corrected chi connectivity index (χ0v) is 14.9. The van der Waals surface area contributed by atoms with E-state index in [1.54, 1.807) is 19.4 Å². The van der Waals surface area contributed by atoms with Crippen LogP contribution in [0.4, 0.5) is 10.5 Å². The lowest BCUT2D eigenvalue weighted by Gasteiger charge is -2.34. The van der Waals surface area contributed by atoms with Crippen LogP contribution in [-0.4, -0.2) is 63.9 Å². The van der Waals surface area contributed by atoms with Crippen LogP contribution in [0.3, 0.4) is 0 Å². The SMILES string of the molecule is CN(CC#N)C(=O)OC1CCN(c2cnnc3cnc4[nH]ccc4c23)CC1. The van der Waals surface area contributed by atoms with Crippen LogP contribution in [0.5, 0.6) is 0 Å². The van der Waals surface area contributed by atoms with Crippen molar-refractivity contribution in [1.29, 1.82) is 5.26 Å². The van der Waals surface area contributed by atoms with Crippen LogP contribution in [-0.2, 0) is 4.74 Å². The van der Waals surface area contributed by atoms with Gasteiger partial charge in [0.15, 0.2) is 0 Å². The van der Waals surface area contributed by atoms with Crippen LogP contribution in [0, 0.1) is 11.3 Å². The van der Waals surface area contributed by atoms with E-state index in [1.807, 2.05) is 18.3 Å². The van der Waals surface area contributed by atoms with Gasteiger partial charge < -0.3 is 14.6 Å².